The molecule has 0 aliphatic heterocycles. The molecule has 0 aromatic carbocycles. The molecule has 0 spiro atoms. The molecule has 0 bridgehead atoms. The molecule has 108 valence electrons. The molecular weight excluding hydrogens is 316 g/mol. The average molecular weight is 341 g/mol. The summed E-state index contributed by atoms with van der Waals surface area (Å²) in [6, 6.07) is 0. The Kier molecular flexibility index (Phi) is 6.58. The van der Waals surface area contributed by atoms with Crippen LogP contribution in [0.4, 0.5) is 0 Å². The number of hydrogen-bond donors (Lipinski definition) is 1. The van der Waals surface area contributed by atoms with Crippen molar-refractivity contribution < 1.29 is 8.42 Å². The summed E-state index contributed by atoms with van der Waals surface area (Å²) in [4.78, 5) is 0. The van der Waals surface area contributed by atoms with Crippen molar-refractivity contribution in [1.29, 1.82) is 0 Å². The van der Waals surface area contributed by atoms with Gasteiger partial charge in [0.05, 0.1) is 0 Å². The number of nitrogens with zero attached hydrogens (tertiary/aromatic N) is 1. The molecule has 1 fully saturated rings. The van der Waals surface area contributed by atoms with E-state index in [0.717, 1.165) is 18.2 Å². The lowest BCUT2D eigenvalue weighted by atomic mass is 9.76. The van der Waals surface area contributed by atoms with Crippen molar-refractivity contribution in [3.8, 4) is 0 Å². The molecule has 6 heteroatoms. The van der Waals surface area contributed by atoms with E-state index in [2.05, 4.69) is 20.7 Å². The van der Waals surface area contributed by atoms with E-state index in [4.69, 9.17) is 0 Å². The molecule has 0 saturated heterocycles. The third kappa shape index (κ3) is 4.18. The molecule has 18 heavy (non-hydrogen) atoms. The molecule has 0 heterocycles. The smallest absolute Gasteiger partial charge is 0.202 e. The molecule has 0 radical (unpaired) electrons. The number of nitrogens with one attached hydrogen (secondary N) is 1. The maximum absolute atomic E-state index is 12.1. The zero-order valence-corrected chi connectivity index (χ0v) is 13.8. The van der Waals surface area contributed by atoms with Crippen molar-refractivity contribution in [3.05, 3.63) is 0 Å². The van der Waals surface area contributed by atoms with Crippen LogP contribution in [0, 0.1) is 5.41 Å². The van der Waals surface area contributed by atoms with Crippen molar-refractivity contribution in [1.82, 2.24) is 9.03 Å². The van der Waals surface area contributed by atoms with Gasteiger partial charge >= 0.3 is 0 Å². The molecule has 0 amide bonds. The fourth-order valence-corrected chi connectivity index (χ4v) is 4.67. The Morgan fingerprint density at radius 3 is 2.17 bits per heavy atom. The highest BCUT2D eigenvalue weighted by Gasteiger charge is 2.33. The van der Waals surface area contributed by atoms with Gasteiger partial charge in [0, 0.05) is 25.0 Å². The Bertz CT molecular complexity index is 336. The predicted molar refractivity (Wildman–Crippen MR) is 79.2 cm³/mol. The molecule has 4 nitrogen and oxygen atoms in total. The van der Waals surface area contributed by atoms with Crippen molar-refractivity contribution in [2.75, 3.05) is 25.0 Å². The third-order valence-electron chi connectivity index (χ3n) is 3.87. The highest BCUT2D eigenvalue weighted by atomic mass is 79.9. The zero-order valence-electron chi connectivity index (χ0n) is 11.4. The summed E-state index contributed by atoms with van der Waals surface area (Å²) >= 11 is 3.56. The highest BCUT2D eigenvalue weighted by Crippen LogP contribution is 2.37. The fourth-order valence-electron chi connectivity index (χ4n) is 2.56. The minimum absolute atomic E-state index is 0.110. The van der Waals surface area contributed by atoms with E-state index >= 15 is 0 Å². The van der Waals surface area contributed by atoms with Gasteiger partial charge in [-0.3, -0.25) is 0 Å². The van der Waals surface area contributed by atoms with E-state index in [-0.39, 0.29) is 5.41 Å². The Labute approximate surface area is 120 Å². The molecule has 1 rings (SSSR count). The summed E-state index contributed by atoms with van der Waals surface area (Å²) in [6.07, 6.45) is 5.91. The lowest BCUT2D eigenvalue weighted by Crippen LogP contribution is -2.46. The highest BCUT2D eigenvalue weighted by molar-refractivity contribution is 9.09. The topological polar surface area (TPSA) is 49.4 Å². The predicted octanol–water partition coefficient (Wildman–Crippen LogP) is 2.51. The van der Waals surface area contributed by atoms with Crippen LogP contribution >= 0.6 is 15.9 Å². The molecule has 0 aromatic rings. The second-order valence-electron chi connectivity index (χ2n) is 5.10. The van der Waals surface area contributed by atoms with Gasteiger partial charge in [-0.1, -0.05) is 49.0 Å². The Balaban J connectivity index is 2.62. The normalized spacial score (nSPS) is 20.2. The molecule has 1 aliphatic carbocycles. The Morgan fingerprint density at radius 2 is 1.72 bits per heavy atom. The lowest BCUT2D eigenvalue weighted by molar-refractivity contribution is 0.226. The molecule has 0 atom stereocenters. The largest absolute Gasteiger partial charge is 0.279 e. The van der Waals surface area contributed by atoms with E-state index in [1.165, 1.54) is 23.6 Å². The average Bonchev–Trinajstić information content (AvgIpc) is 2.39. The molecule has 0 aromatic heterocycles. The van der Waals surface area contributed by atoms with Crippen LogP contribution in [0.5, 0.6) is 0 Å². The van der Waals surface area contributed by atoms with Gasteiger partial charge in [0.25, 0.3) is 10.2 Å². The summed E-state index contributed by atoms with van der Waals surface area (Å²) in [5.74, 6) is 0. The summed E-state index contributed by atoms with van der Waals surface area (Å²) in [6.45, 7) is 5.32. The van der Waals surface area contributed by atoms with E-state index in [9.17, 15) is 8.42 Å². The first-order valence-corrected chi connectivity index (χ1v) is 9.36. The van der Waals surface area contributed by atoms with Gasteiger partial charge in [0.2, 0.25) is 0 Å². The first-order chi connectivity index (χ1) is 8.49. The van der Waals surface area contributed by atoms with Gasteiger partial charge in [0.1, 0.15) is 0 Å². The third-order valence-corrected chi connectivity index (χ3v) is 6.77. The zero-order chi connectivity index (χ0) is 13.6. The van der Waals surface area contributed by atoms with Crippen LogP contribution < -0.4 is 4.72 Å². The number of alkyl halides is 1. The summed E-state index contributed by atoms with van der Waals surface area (Å²) in [7, 11) is -3.31. The molecule has 0 unspecified atom stereocenters. The van der Waals surface area contributed by atoms with Gasteiger partial charge in [-0.25, -0.2) is 4.72 Å². The van der Waals surface area contributed by atoms with Gasteiger partial charge in [-0.2, -0.15) is 12.7 Å². The van der Waals surface area contributed by atoms with Crippen LogP contribution in [0.2, 0.25) is 0 Å². The van der Waals surface area contributed by atoms with E-state index in [0.29, 0.717) is 19.6 Å². The minimum Gasteiger partial charge on any atom is -0.202 e. The first kappa shape index (κ1) is 16.4. The van der Waals surface area contributed by atoms with Crippen molar-refractivity contribution in [2.45, 2.75) is 46.0 Å². The summed E-state index contributed by atoms with van der Waals surface area (Å²) in [5, 5.41) is 0.876. The van der Waals surface area contributed by atoms with Crippen LogP contribution in [0.3, 0.4) is 0 Å². The Morgan fingerprint density at radius 1 is 1.17 bits per heavy atom. The molecule has 1 aliphatic rings. The first-order valence-electron chi connectivity index (χ1n) is 6.80. The van der Waals surface area contributed by atoms with Gasteiger partial charge < -0.3 is 0 Å². The fraction of sp³-hybridized carbons (Fsp3) is 1.00. The number of hydrogen-bond acceptors (Lipinski definition) is 2. The maximum atomic E-state index is 12.1. The standard InChI is InChI=1S/C12H25BrN2O2S/c1-3-15(4-2)18(16,17)14-11-12(10-13)8-6-5-7-9-12/h14H,3-11H2,1-2H3. The molecular formula is C12H25BrN2O2S. The number of rotatable bonds is 7. The summed E-state index contributed by atoms with van der Waals surface area (Å²) < 4.78 is 28.4. The van der Waals surface area contributed by atoms with Gasteiger partial charge in [0.15, 0.2) is 0 Å². The van der Waals surface area contributed by atoms with Gasteiger partial charge in [-0.15, -0.1) is 0 Å². The van der Waals surface area contributed by atoms with E-state index in [1.807, 2.05) is 13.8 Å². The SMILES string of the molecule is CCN(CC)S(=O)(=O)NCC1(CBr)CCCCC1. The van der Waals surface area contributed by atoms with Crippen molar-refractivity contribution in [3.63, 3.8) is 0 Å². The monoisotopic (exact) mass is 340 g/mol. The van der Waals surface area contributed by atoms with Gasteiger partial charge in [-0.05, 0) is 18.3 Å². The molecule has 1 N–H and O–H groups in total. The van der Waals surface area contributed by atoms with Crippen molar-refractivity contribution >= 4 is 26.1 Å². The second kappa shape index (κ2) is 7.22. The van der Waals surface area contributed by atoms with Crippen LogP contribution in [0.25, 0.3) is 0 Å². The van der Waals surface area contributed by atoms with Crippen LogP contribution in [-0.4, -0.2) is 37.7 Å². The lowest BCUT2D eigenvalue weighted by Gasteiger charge is -2.36. The van der Waals surface area contributed by atoms with Crippen LogP contribution in [0.1, 0.15) is 46.0 Å². The van der Waals surface area contributed by atoms with Crippen LogP contribution in [0.15, 0.2) is 0 Å². The summed E-state index contributed by atoms with van der Waals surface area (Å²) in [5.41, 5.74) is 0.110. The second-order valence-corrected chi connectivity index (χ2v) is 7.42. The Hall–Kier alpha value is 0.350. The molecule has 1 saturated carbocycles. The van der Waals surface area contributed by atoms with Crippen molar-refractivity contribution in [2.24, 2.45) is 5.41 Å². The van der Waals surface area contributed by atoms with E-state index in [1.54, 1.807) is 0 Å². The maximum Gasteiger partial charge on any atom is 0.279 e. The van der Waals surface area contributed by atoms with Crippen LogP contribution in [-0.2, 0) is 10.2 Å². The van der Waals surface area contributed by atoms with E-state index < -0.39 is 10.2 Å². The quantitative estimate of drug-likeness (QED) is 0.724. The number of halogens is 1. The minimum atomic E-state index is -3.31.